The van der Waals surface area contributed by atoms with Crippen molar-refractivity contribution < 1.29 is 4.42 Å². The van der Waals surface area contributed by atoms with Crippen LogP contribution in [-0.4, -0.2) is 0 Å². The molecule has 1 aliphatic carbocycles. The monoisotopic (exact) mass is 236 g/mol. The molecule has 1 aliphatic rings. The van der Waals surface area contributed by atoms with Gasteiger partial charge >= 0.3 is 0 Å². The van der Waals surface area contributed by atoms with Gasteiger partial charge in [-0.3, -0.25) is 11.3 Å². The van der Waals surface area contributed by atoms with Gasteiger partial charge in [-0.2, -0.15) is 0 Å². The van der Waals surface area contributed by atoms with Gasteiger partial charge in [0.1, 0.15) is 5.76 Å². The molecule has 0 amide bonds. The second-order valence-corrected chi connectivity index (χ2v) is 5.75. The number of furan rings is 1. The highest BCUT2D eigenvalue weighted by molar-refractivity contribution is 5.21. The van der Waals surface area contributed by atoms with E-state index in [1.54, 1.807) is 6.26 Å². The molecule has 2 rings (SSSR count). The summed E-state index contributed by atoms with van der Waals surface area (Å²) in [7, 11) is 0. The number of nitrogens with one attached hydrogen (secondary N) is 1. The van der Waals surface area contributed by atoms with Gasteiger partial charge in [0, 0.05) is 5.56 Å². The Hall–Kier alpha value is -0.800. The van der Waals surface area contributed by atoms with Crippen LogP contribution in [-0.2, 0) is 0 Å². The lowest BCUT2D eigenvalue weighted by Crippen LogP contribution is -2.37. The molecule has 1 fully saturated rings. The number of nitrogens with two attached hydrogens (primary N) is 1. The molecule has 0 aliphatic heterocycles. The normalized spacial score (nSPS) is 31.4. The molecule has 3 heteroatoms. The highest BCUT2D eigenvalue weighted by Crippen LogP contribution is 2.40. The van der Waals surface area contributed by atoms with E-state index in [9.17, 15) is 0 Å². The smallest absolute Gasteiger partial charge is 0.105 e. The molecule has 3 nitrogen and oxygen atoms in total. The minimum atomic E-state index is 0.235. The Morgan fingerprint density at radius 3 is 2.41 bits per heavy atom. The van der Waals surface area contributed by atoms with Crippen LogP contribution >= 0.6 is 0 Å². The van der Waals surface area contributed by atoms with Gasteiger partial charge in [0.05, 0.1) is 12.3 Å². The number of aryl methyl sites for hydroxylation is 1. The highest BCUT2D eigenvalue weighted by atomic mass is 16.3. The Kier molecular flexibility index (Phi) is 3.89. The lowest BCUT2D eigenvalue weighted by Gasteiger charge is -2.36. The average Bonchev–Trinajstić information content (AvgIpc) is 2.65. The fourth-order valence-electron chi connectivity index (χ4n) is 3.48. The summed E-state index contributed by atoms with van der Waals surface area (Å²) in [4.78, 5) is 0. The maximum Gasteiger partial charge on any atom is 0.105 e. The van der Waals surface area contributed by atoms with Gasteiger partial charge in [0.15, 0.2) is 0 Å². The van der Waals surface area contributed by atoms with Crippen molar-refractivity contribution in [1.29, 1.82) is 0 Å². The number of hydrogen-bond donors (Lipinski definition) is 2. The van der Waals surface area contributed by atoms with Gasteiger partial charge in [-0.05, 0) is 50.0 Å². The maximum absolute atomic E-state index is 5.76. The van der Waals surface area contributed by atoms with Crippen molar-refractivity contribution in [3.8, 4) is 0 Å². The van der Waals surface area contributed by atoms with Crippen molar-refractivity contribution in [2.75, 3.05) is 0 Å². The molecule has 1 aromatic rings. The Morgan fingerprint density at radius 2 is 1.94 bits per heavy atom. The number of rotatable bonds is 3. The van der Waals surface area contributed by atoms with E-state index in [-0.39, 0.29) is 6.04 Å². The molecule has 1 aromatic heterocycles. The second kappa shape index (κ2) is 5.23. The van der Waals surface area contributed by atoms with Gasteiger partial charge in [0.25, 0.3) is 0 Å². The van der Waals surface area contributed by atoms with E-state index in [0.29, 0.717) is 5.92 Å². The van der Waals surface area contributed by atoms with E-state index in [0.717, 1.165) is 17.6 Å². The third kappa shape index (κ3) is 2.72. The van der Waals surface area contributed by atoms with Crippen molar-refractivity contribution in [3.05, 3.63) is 23.7 Å². The van der Waals surface area contributed by atoms with Crippen molar-refractivity contribution in [2.24, 2.45) is 23.6 Å². The predicted molar refractivity (Wildman–Crippen MR) is 69.2 cm³/mol. The maximum atomic E-state index is 5.76. The summed E-state index contributed by atoms with van der Waals surface area (Å²) in [5.74, 6) is 8.96. The summed E-state index contributed by atoms with van der Waals surface area (Å²) in [5, 5.41) is 0. The highest BCUT2D eigenvalue weighted by Gasteiger charge is 2.31. The van der Waals surface area contributed by atoms with E-state index in [2.05, 4.69) is 19.3 Å². The minimum Gasteiger partial charge on any atom is -0.469 e. The molecule has 0 bridgehead atoms. The molecule has 1 saturated carbocycles. The van der Waals surface area contributed by atoms with Crippen molar-refractivity contribution in [3.63, 3.8) is 0 Å². The van der Waals surface area contributed by atoms with Crippen LogP contribution in [0.3, 0.4) is 0 Å². The van der Waals surface area contributed by atoms with Gasteiger partial charge in [-0.1, -0.05) is 13.8 Å². The molecule has 0 spiro atoms. The first-order valence-electron chi connectivity index (χ1n) is 6.62. The first-order chi connectivity index (χ1) is 8.11. The fraction of sp³-hybridized carbons (Fsp3) is 0.714. The van der Waals surface area contributed by atoms with Gasteiger partial charge in [0.2, 0.25) is 0 Å². The molecule has 0 saturated heterocycles. The quantitative estimate of drug-likeness (QED) is 0.626. The Labute approximate surface area is 104 Å². The minimum absolute atomic E-state index is 0.235. The molecule has 3 N–H and O–H groups in total. The molecule has 0 radical (unpaired) electrons. The lowest BCUT2D eigenvalue weighted by molar-refractivity contribution is 0.176. The van der Waals surface area contributed by atoms with E-state index < -0.39 is 0 Å². The van der Waals surface area contributed by atoms with Crippen molar-refractivity contribution in [1.82, 2.24) is 5.43 Å². The molecule has 3 atom stereocenters. The zero-order valence-electron chi connectivity index (χ0n) is 11.1. The largest absolute Gasteiger partial charge is 0.469 e. The molecular formula is C14H24N2O. The summed E-state index contributed by atoms with van der Waals surface area (Å²) in [6, 6.07) is 2.28. The van der Waals surface area contributed by atoms with Crippen LogP contribution in [0, 0.1) is 24.7 Å². The molecular weight excluding hydrogens is 212 g/mol. The summed E-state index contributed by atoms with van der Waals surface area (Å²) in [6.45, 7) is 6.70. The van der Waals surface area contributed by atoms with Gasteiger partial charge < -0.3 is 4.42 Å². The van der Waals surface area contributed by atoms with Crippen LogP contribution in [0.4, 0.5) is 0 Å². The van der Waals surface area contributed by atoms with Crippen LogP contribution in [0.15, 0.2) is 16.7 Å². The zero-order chi connectivity index (χ0) is 12.4. The second-order valence-electron chi connectivity index (χ2n) is 5.75. The lowest BCUT2D eigenvalue weighted by atomic mass is 9.72. The first kappa shape index (κ1) is 12.7. The third-order valence-electron chi connectivity index (χ3n) is 4.10. The van der Waals surface area contributed by atoms with E-state index in [1.807, 2.05) is 13.0 Å². The first-order valence-corrected chi connectivity index (χ1v) is 6.62. The zero-order valence-corrected chi connectivity index (χ0v) is 11.1. The number of hydrazine groups is 1. The van der Waals surface area contributed by atoms with Crippen molar-refractivity contribution in [2.45, 2.75) is 46.1 Å². The summed E-state index contributed by atoms with van der Waals surface area (Å²) >= 11 is 0. The van der Waals surface area contributed by atoms with Crippen LogP contribution in [0.1, 0.15) is 50.5 Å². The Bertz CT molecular complexity index is 351. The van der Waals surface area contributed by atoms with Crippen LogP contribution in [0.5, 0.6) is 0 Å². The summed E-state index contributed by atoms with van der Waals surface area (Å²) in [5.41, 5.74) is 4.22. The molecule has 1 heterocycles. The van der Waals surface area contributed by atoms with E-state index in [1.165, 1.54) is 24.8 Å². The fourth-order valence-corrected chi connectivity index (χ4v) is 3.48. The third-order valence-corrected chi connectivity index (χ3v) is 4.10. The van der Waals surface area contributed by atoms with Crippen LogP contribution in [0.2, 0.25) is 0 Å². The molecule has 17 heavy (non-hydrogen) atoms. The van der Waals surface area contributed by atoms with Crippen molar-refractivity contribution >= 4 is 0 Å². The standard InChI is InChI=1S/C14H24N2O/c1-9-6-10(2)8-12(7-9)14(16-15)13-4-5-17-11(13)3/h4-5,9-10,12,14,16H,6-8,15H2,1-3H3. The van der Waals surface area contributed by atoms with E-state index >= 15 is 0 Å². The predicted octanol–water partition coefficient (Wildman–Crippen LogP) is 3.16. The van der Waals surface area contributed by atoms with Gasteiger partial charge in [-0.25, -0.2) is 0 Å². The molecule has 96 valence electrons. The average molecular weight is 236 g/mol. The summed E-state index contributed by atoms with van der Waals surface area (Å²) in [6.07, 6.45) is 5.61. The molecule has 0 aromatic carbocycles. The SMILES string of the molecule is Cc1occc1C(NN)C1CC(C)CC(C)C1. The van der Waals surface area contributed by atoms with Gasteiger partial charge in [-0.15, -0.1) is 0 Å². The molecule has 3 unspecified atom stereocenters. The topological polar surface area (TPSA) is 51.2 Å². The van der Waals surface area contributed by atoms with Crippen LogP contribution in [0.25, 0.3) is 0 Å². The Balaban J connectivity index is 2.15. The van der Waals surface area contributed by atoms with E-state index in [4.69, 9.17) is 10.3 Å². The number of hydrogen-bond acceptors (Lipinski definition) is 3. The summed E-state index contributed by atoms with van der Waals surface area (Å²) < 4.78 is 5.40. The Morgan fingerprint density at radius 1 is 1.29 bits per heavy atom. The van der Waals surface area contributed by atoms with Crippen LogP contribution < -0.4 is 11.3 Å².